The van der Waals surface area contributed by atoms with E-state index < -0.39 is 10.0 Å². The van der Waals surface area contributed by atoms with Gasteiger partial charge < -0.3 is 9.42 Å². The first-order valence-corrected chi connectivity index (χ1v) is 13.1. The van der Waals surface area contributed by atoms with Gasteiger partial charge in [0, 0.05) is 43.0 Å². The van der Waals surface area contributed by atoms with E-state index in [1.807, 2.05) is 37.3 Å². The van der Waals surface area contributed by atoms with E-state index in [9.17, 15) is 8.42 Å². The molecule has 2 heterocycles. The smallest absolute Gasteiger partial charge is 0.258 e. The molecule has 0 amide bonds. The normalized spacial score (nSPS) is 14.9. The Morgan fingerprint density at radius 3 is 2.29 bits per heavy atom. The molecule has 5 rings (SSSR count). The number of sulfonamides is 1. The van der Waals surface area contributed by atoms with Gasteiger partial charge in [-0.1, -0.05) is 53.2 Å². The van der Waals surface area contributed by atoms with Crippen LogP contribution in [0.15, 0.2) is 76.1 Å². The minimum absolute atomic E-state index is 0.227. The van der Waals surface area contributed by atoms with Crippen LogP contribution in [0.5, 0.6) is 0 Å². The number of aromatic nitrogens is 2. The molecule has 7 nitrogen and oxygen atoms in total. The van der Waals surface area contributed by atoms with Crippen LogP contribution >= 0.6 is 0 Å². The maximum Gasteiger partial charge on any atom is 0.258 e. The van der Waals surface area contributed by atoms with Gasteiger partial charge in [0.2, 0.25) is 15.8 Å². The van der Waals surface area contributed by atoms with Crippen molar-refractivity contribution >= 4 is 15.7 Å². The number of piperazine rings is 1. The molecule has 8 heteroatoms. The second kappa shape index (κ2) is 9.28. The fraction of sp³-hybridized carbons (Fsp3) is 0.259. The molecule has 1 fully saturated rings. The molecular formula is C27H28N4O3S. The first kappa shape index (κ1) is 23.3. The fourth-order valence-electron chi connectivity index (χ4n) is 4.35. The number of aryl methyl sites for hydroxylation is 2. The molecule has 1 aromatic heterocycles. The Hall–Kier alpha value is -3.49. The van der Waals surface area contributed by atoms with E-state index in [1.54, 1.807) is 28.6 Å². The van der Waals surface area contributed by atoms with Crippen molar-refractivity contribution in [1.82, 2.24) is 14.4 Å². The largest absolute Gasteiger partial charge is 0.369 e. The Morgan fingerprint density at radius 1 is 0.829 bits per heavy atom. The number of anilines is 1. The van der Waals surface area contributed by atoms with Crippen molar-refractivity contribution in [3.05, 3.63) is 83.4 Å². The van der Waals surface area contributed by atoms with Crippen LogP contribution < -0.4 is 4.90 Å². The molecule has 0 N–H and O–H groups in total. The summed E-state index contributed by atoms with van der Waals surface area (Å²) in [6, 6.07) is 20.8. The van der Waals surface area contributed by atoms with Gasteiger partial charge in [0.05, 0.1) is 4.90 Å². The molecular weight excluding hydrogens is 460 g/mol. The van der Waals surface area contributed by atoms with Crippen LogP contribution in [0.3, 0.4) is 0 Å². The molecule has 35 heavy (non-hydrogen) atoms. The Labute approximate surface area is 206 Å². The topological polar surface area (TPSA) is 79.5 Å². The van der Waals surface area contributed by atoms with Gasteiger partial charge in [-0.25, -0.2) is 8.42 Å². The summed E-state index contributed by atoms with van der Waals surface area (Å²) < 4.78 is 33.9. The van der Waals surface area contributed by atoms with Crippen LogP contribution in [0, 0.1) is 20.8 Å². The summed E-state index contributed by atoms with van der Waals surface area (Å²) in [5, 5.41) is 4.07. The van der Waals surface area contributed by atoms with E-state index in [0.29, 0.717) is 37.6 Å². The lowest BCUT2D eigenvalue weighted by Gasteiger charge is -2.36. The third kappa shape index (κ3) is 4.59. The lowest BCUT2D eigenvalue weighted by molar-refractivity contribution is 0.384. The zero-order valence-electron chi connectivity index (χ0n) is 20.1. The van der Waals surface area contributed by atoms with Gasteiger partial charge in [-0.05, 0) is 56.2 Å². The first-order valence-electron chi connectivity index (χ1n) is 11.7. The summed E-state index contributed by atoms with van der Waals surface area (Å²) in [7, 11) is -3.65. The Bertz CT molecular complexity index is 1450. The minimum atomic E-state index is -3.65. The lowest BCUT2D eigenvalue weighted by Crippen LogP contribution is -2.48. The number of rotatable bonds is 5. The van der Waals surface area contributed by atoms with Crippen molar-refractivity contribution in [1.29, 1.82) is 0 Å². The molecule has 180 valence electrons. The number of benzene rings is 3. The van der Waals surface area contributed by atoms with Gasteiger partial charge in [-0.2, -0.15) is 9.29 Å². The van der Waals surface area contributed by atoms with Crippen molar-refractivity contribution in [3.8, 4) is 22.8 Å². The van der Waals surface area contributed by atoms with Gasteiger partial charge >= 0.3 is 0 Å². The fourth-order valence-corrected chi connectivity index (χ4v) is 5.82. The van der Waals surface area contributed by atoms with Crippen LogP contribution in [0.1, 0.15) is 16.7 Å². The summed E-state index contributed by atoms with van der Waals surface area (Å²) in [5.74, 6) is 0.758. The molecule has 1 aliphatic heterocycles. The standard InChI is InChI=1S/C27H28N4O3S/c1-19-10-12-22(13-11-19)26-28-27(34-29-26)23-7-5-8-24(18-23)35(32,33)31-16-14-30(15-17-31)25-9-4-6-20(2)21(25)3/h4-13,18H,14-17H2,1-3H3. The van der Waals surface area contributed by atoms with Gasteiger partial charge in [0.15, 0.2) is 0 Å². The van der Waals surface area contributed by atoms with Gasteiger partial charge in [-0.3, -0.25) is 0 Å². The second-order valence-corrected chi connectivity index (χ2v) is 10.9. The summed E-state index contributed by atoms with van der Waals surface area (Å²) in [4.78, 5) is 6.97. The van der Waals surface area contributed by atoms with Gasteiger partial charge in [0.25, 0.3) is 5.89 Å². The van der Waals surface area contributed by atoms with Crippen molar-refractivity contribution in [2.45, 2.75) is 25.7 Å². The highest BCUT2D eigenvalue weighted by molar-refractivity contribution is 7.89. The van der Waals surface area contributed by atoms with E-state index >= 15 is 0 Å². The highest BCUT2D eigenvalue weighted by Gasteiger charge is 2.29. The van der Waals surface area contributed by atoms with Crippen molar-refractivity contribution in [2.24, 2.45) is 0 Å². The first-order chi connectivity index (χ1) is 16.8. The molecule has 0 radical (unpaired) electrons. The molecule has 1 aliphatic rings. The molecule has 3 aromatic carbocycles. The van der Waals surface area contributed by atoms with Crippen LogP contribution in [0.4, 0.5) is 5.69 Å². The van der Waals surface area contributed by atoms with Crippen LogP contribution in [-0.4, -0.2) is 49.0 Å². The number of nitrogens with zero attached hydrogens (tertiary/aromatic N) is 4. The zero-order valence-corrected chi connectivity index (χ0v) is 20.9. The van der Waals surface area contributed by atoms with Crippen molar-refractivity contribution < 1.29 is 12.9 Å². The molecule has 0 saturated carbocycles. The van der Waals surface area contributed by atoms with E-state index in [2.05, 4.69) is 41.0 Å². The quantitative estimate of drug-likeness (QED) is 0.400. The Kier molecular flexibility index (Phi) is 6.17. The summed E-state index contributed by atoms with van der Waals surface area (Å²) in [6.07, 6.45) is 0. The van der Waals surface area contributed by atoms with E-state index in [0.717, 1.165) is 11.1 Å². The molecule has 0 aliphatic carbocycles. The summed E-state index contributed by atoms with van der Waals surface area (Å²) >= 11 is 0. The predicted molar refractivity (Wildman–Crippen MR) is 137 cm³/mol. The highest BCUT2D eigenvalue weighted by Crippen LogP contribution is 2.28. The van der Waals surface area contributed by atoms with Gasteiger partial charge in [0.1, 0.15) is 0 Å². The molecule has 4 aromatic rings. The monoisotopic (exact) mass is 488 g/mol. The average Bonchev–Trinajstić information content (AvgIpc) is 3.37. The van der Waals surface area contributed by atoms with Crippen molar-refractivity contribution in [2.75, 3.05) is 31.1 Å². The van der Waals surface area contributed by atoms with E-state index in [1.165, 1.54) is 16.8 Å². The summed E-state index contributed by atoms with van der Waals surface area (Å²) in [5.41, 5.74) is 6.21. The Morgan fingerprint density at radius 2 is 1.54 bits per heavy atom. The number of hydrogen-bond donors (Lipinski definition) is 0. The molecule has 0 atom stereocenters. The lowest BCUT2D eigenvalue weighted by atomic mass is 10.1. The maximum absolute atomic E-state index is 13.4. The predicted octanol–water partition coefficient (Wildman–Crippen LogP) is 4.84. The van der Waals surface area contributed by atoms with Crippen molar-refractivity contribution in [3.63, 3.8) is 0 Å². The molecule has 0 spiro atoms. The van der Waals surface area contributed by atoms with Crippen LogP contribution in [0.25, 0.3) is 22.8 Å². The molecule has 0 unspecified atom stereocenters. The van der Waals surface area contributed by atoms with Gasteiger partial charge in [-0.15, -0.1) is 0 Å². The highest BCUT2D eigenvalue weighted by atomic mass is 32.2. The number of hydrogen-bond acceptors (Lipinski definition) is 6. The minimum Gasteiger partial charge on any atom is -0.369 e. The zero-order chi connectivity index (χ0) is 24.6. The Balaban J connectivity index is 1.34. The third-order valence-corrected chi connectivity index (χ3v) is 8.50. The SMILES string of the molecule is Cc1ccc(-c2noc(-c3cccc(S(=O)(=O)N4CCN(c5cccc(C)c5C)CC4)c3)n2)cc1. The maximum atomic E-state index is 13.4. The van der Waals surface area contributed by atoms with Crippen LogP contribution in [-0.2, 0) is 10.0 Å². The van der Waals surface area contributed by atoms with Crippen LogP contribution in [0.2, 0.25) is 0 Å². The second-order valence-electron chi connectivity index (χ2n) is 8.93. The summed E-state index contributed by atoms with van der Waals surface area (Å²) in [6.45, 7) is 8.37. The van der Waals surface area contributed by atoms with E-state index in [4.69, 9.17) is 4.52 Å². The average molecular weight is 489 g/mol. The van der Waals surface area contributed by atoms with E-state index in [-0.39, 0.29) is 10.8 Å². The third-order valence-electron chi connectivity index (χ3n) is 6.61. The molecule has 1 saturated heterocycles. The molecule has 0 bridgehead atoms.